The molecule has 0 unspecified atom stereocenters. The van der Waals surface area contributed by atoms with Gasteiger partial charge in [0.05, 0.1) is 6.04 Å². The second-order valence-corrected chi connectivity index (χ2v) is 5.32. The predicted octanol–water partition coefficient (Wildman–Crippen LogP) is 1.55. The normalized spacial score (nSPS) is 27.6. The molecule has 1 fully saturated rings. The first kappa shape index (κ1) is 13.2. The average molecular weight is 232 g/mol. The standard InChI is InChI=1S/C11H21FN2O2/c1-11(2,3)16-10(15)13-9-5-6-14(4)7-8(9)12/h8-9H,5-7H2,1-4H3,(H,13,15)/t8-,9+/m1/s1. The van der Waals surface area contributed by atoms with Gasteiger partial charge in [0.15, 0.2) is 0 Å². The Bertz CT molecular complexity index is 253. The number of piperidine rings is 1. The minimum absolute atomic E-state index is 0.362. The number of alkyl halides is 1. The van der Waals surface area contributed by atoms with Crippen molar-refractivity contribution in [2.24, 2.45) is 0 Å². The van der Waals surface area contributed by atoms with E-state index in [1.165, 1.54) is 0 Å². The molecule has 1 heterocycles. The molecule has 1 amide bonds. The Morgan fingerprint density at radius 1 is 1.50 bits per heavy atom. The maximum Gasteiger partial charge on any atom is 0.407 e. The first-order valence-electron chi connectivity index (χ1n) is 5.60. The molecule has 0 aliphatic carbocycles. The molecule has 1 rings (SSSR count). The number of nitrogens with one attached hydrogen (secondary N) is 1. The molecule has 0 radical (unpaired) electrons. The van der Waals surface area contributed by atoms with Crippen molar-refractivity contribution in [3.63, 3.8) is 0 Å². The van der Waals surface area contributed by atoms with Gasteiger partial charge in [-0.2, -0.15) is 0 Å². The maximum atomic E-state index is 13.6. The van der Waals surface area contributed by atoms with Crippen LogP contribution in [0.5, 0.6) is 0 Å². The van der Waals surface area contributed by atoms with Crippen molar-refractivity contribution in [1.82, 2.24) is 10.2 Å². The minimum atomic E-state index is -1.02. The molecule has 4 nitrogen and oxygen atoms in total. The van der Waals surface area contributed by atoms with Crippen LogP contribution in [0.2, 0.25) is 0 Å². The van der Waals surface area contributed by atoms with Gasteiger partial charge in [0, 0.05) is 13.1 Å². The summed E-state index contributed by atoms with van der Waals surface area (Å²) in [4.78, 5) is 13.4. The van der Waals surface area contributed by atoms with Gasteiger partial charge >= 0.3 is 6.09 Å². The number of halogens is 1. The van der Waals surface area contributed by atoms with Crippen LogP contribution in [0.15, 0.2) is 0 Å². The zero-order chi connectivity index (χ0) is 12.3. The predicted molar refractivity (Wildman–Crippen MR) is 60.2 cm³/mol. The number of hydrogen-bond donors (Lipinski definition) is 1. The Morgan fingerprint density at radius 2 is 2.12 bits per heavy atom. The molecule has 94 valence electrons. The van der Waals surface area contributed by atoms with Gasteiger partial charge in [0.25, 0.3) is 0 Å². The van der Waals surface area contributed by atoms with Crippen LogP contribution in [-0.2, 0) is 4.74 Å². The van der Waals surface area contributed by atoms with Crippen molar-refractivity contribution in [2.45, 2.75) is 45.0 Å². The van der Waals surface area contributed by atoms with Gasteiger partial charge in [-0.05, 0) is 34.2 Å². The molecule has 0 aromatic heterocycles. The van der Waals surface area contributed by atoms with Crippen molar-refractivity contribution in [3.8, 4) is 0 Å². The number of alkyl carbamates (subject to hydrolysis) is 1. The van der Waals surface area contributed by atoms with E-state index in [1.807, 2.05) is 11.9 Å². The molecule has 0 aromatic carbocycles. The first-order chi connectivity index (χ1) is 7.28. The molecule has 5 heteroatoms. The summed E-state index contributed by atoms with van der Waals surface area (Å²) in [5, 5.41) is 2.58. The van der Waals surface area contributed by atoms with Gasteiger partial charge < -0.3 is 15.0 Å². The average Bonchev–Trinajstić information content (AvgIpc) is 2.06. The summed E-state index contributed by atoms with van der Waals surface area (Å²) in [6.45, 7) is 6.51. The highest BCUT2D eigenvalue weighted by atomic mass is 19.1. The molecular weight excluding hydrogens is 211 g/mol. The van der Waals surface area contributed by atoms with E-state index in [9.17, 15) is 9.18 Å². The fourth-order valence-electron chi connectivity index (χ4n) is 1.68. The van der Waals surface area contributed by atoms with Crippen LogP contribution >= 0.6 is 0 Å². The molecule has 0 bridgehead atoms. The van der Waals surface area contributed by atoms with Gasteiger partial charge in [-0.15, -0.1) is 0 Å². The number of carbonyl (C=O) groups is 1. The lowest BCUT2D eigenvalue weighted by Crippen LogP contribution is -2.52. The van der Waals surface area contributed by atoms with Crippen LogP contribution < -0.4 is 5.32 Å². The zero-order valence-electron chi connectivity index (χ0n) is 10.4. The van der Waals surface area contributed by atoms with Crippen LogP contribution in [0.3, 0.4) is 0 Å². The van der Waals surface area contributed by atoms with Crippen LogP contribution in [0.4, 0.5) is 9.18 Å². The molecular formula is C11H21FN2O2. The van der Waals surface area contributed by atoms with E-state index in [-0.39, 0.29) is 0 Å². The summed E-state index contributed by atoms with van der Waals surface area (Å²) in [6, 6.07) is -0.425. The number of nitrogens with zero attached hydrogens (tertiary/aromatic N) is 1. The molecule has 1 N–H and O–H groups in total. The third-order valence-corrected chi connectivity index (χ3v) is 2.45. The third-order valence-electron chi connectivity index (χ3n) is 2.45. The summed E-state index contributed by atoms with van der Waals surface area (Å²) in [7, 11) is 1.87. The maximum absolute atomic E-state index is 13.6. The summed E-state index contributed by atoms with van der Waals surface area (Å²) < 4.78 is 18.7. The van der Waals surface area contributed by atoms with E-state index >= 15 is 0 Å². The smallest absolute Gasteiger partial charge is 0.407 e. The largest absolute Gasteiger partial charge is 0.444 e. The Hall–Kier alpha value is -0.840. The van der Waals surface area contributed by atoms with E-state index in [1.54, 1.807) is 20.8 Å². The van der Waals surface area contributed by atoms with Crippen molar-refractivity contribution in [1.29, 1.82) is 0 Å². The molecule has 1 aliphatic rings. The van der Waals surface area contributed by atoms with E-state index in [0.717, 1.165) is 6.54 Å². The Kier molecular flexibility index (Phi) is 4.13. The topological polar surface area (TPSA) is 41.6 Å². The van der Waals surface area contributed by atoms with Crippen LogP contribution in [0.25, 0.3) is 0 Å². The lowest BCUT2D eigenvalue weighted by molar-refractivity contribution is 0.0415. The summed E-state index contributed by atoms with van der Waals surface area (Å²) >= 11 is 0. The molecule has 0 saturated carbocycles. The minimum Gasteiger partial charge on any atom is -0.444 e. The number of hydrogen-bond acceptors (Lipinski definition) is 3. The number of likely N-dealkylation sites (tertiary alicyclic amines) is 1. The first-order valence-corrected chi connectivity index (χ1v) is 5.60. The summed E-state index contributed by atoms with van der Waals surface area (Å²) in [5.74, 6) is 0. The van der Waals surface area contributed by atoms with E-state index in [4.69, 9.17) is 4.74 Å². The van der Waals surface area contributed by atoms with Gasteiger partial charge in [-0.25, -0.2) is 9.18 Å². The Morgan fingerprint density at radius 3 is 2.62 bits per heavy atom. The molecule has 16 heavy (non-hydrogen) atoms. The SMILES string of the molecule is CN1CC[C@H](NC(=O)OC(C)(C)C)[C@H](F)C1. The van der Waals surface area contributed by atoms with Crippen LogP contribution in [0, 0.1) is 0 Å². The second-order valence-electron chi connectivity index (χ2n) is 5.32. The van der Waals surface area contributed by atoms with Crippen LogP contribution in [-0.4, -0.2) is 48.9 Å². The third kappa shape index (κ3) is 4.35. The van der Waals surface area contributed by atoms with Gasteiger partial charge in [0.1, 0.15) is 11.8 Å². The number of ether oxygens (including phenoxy) is 1. The Balaban J connectivity index is 2.39. The van der Waals surface area contributed by atoms with Crippen molar-refractivity contribution in [2.75, 3.05) is 20.1 Å². The van der Waals surface area contributed by atoms with Crippen molar-refractivity contribution in [3.05, 3.63) is 0 Å². The van der Waals surface area contributed by atoms with Crippen molar-refractivity contribution < 1.29 is 13.9 Å². The van der Waals surface area contributed by atoms with Gasteiger partial charge in [-0.3, -0.25) is 0 Å². The van der Waals surface area contributed by atoms with E-state index in [0.29, 0.717) is 13.0 Å². The summed E-state index contributed by atoms with van der Waals surface area (Å²) in [6.07, 6.45) is -0.937. The highest BCUT2D eigenvalue weighted by Crippen LogP contribution is 2.14. The second kappa shape index (κ2) is 4.99. The quantitative estimate of drug-likeness (QED) is 0.746. The monoisotopic (exact) mass is 232 g/mol. The van der Waals surface area contributed by atoms with E-state index in [2.05, 4.69) is 5.32 Å². The van der Waals surface area contributed by atoms with Gasteiger partial charge in [-0.1, -0.05) is 0 Å². The number of rotatable bonds is 1. The summed E-state index contributed by atoms with van der Waals surface area (Å²) in [5.41, 5.74) is -0.540. The molecule has 0 spiro atoms. The number of amides is 1. The highest BCUT2D eigenvalue weighted by molar-refractivity contribution is 5.68. The van der Waals surface area contributed by atoms with E-state index < -0.39 is 23.9 Å². The highest BCUT2D eigenvalue weighted by Gasteiger charge is 2.30. The molecule has 1 saturated heterocycles. The molecule has 0 aromatic rings. The fraction of sp³-hybridized carbons (Fsp3) is 0.909. The Labute approximate surface area is 96.1 Å². The fourth-order valence-corrected chi connectivity index (χ4v) is 1.68. The lowest BCUT2D eigenvalue weighted by Gasteiger charge is -2.33. The zero-order valence-corrected chi connectivity index (χ0v) is 10.4. The lowest BCUT2D eigenvalue weighted by atomic mass is 10.0. The van der Waals surface area contributed by atoms with Gasteiger partial charge in [0.2, 0.25) is 0 Å². The molecule has 1 aliphatic heterocycles. The van der Waals surface area contributed by atoms with Crippen molar-refractivity contribution >= 4 is 6.09 Å². The molecule has 2 atom stereocenters. The number of carbonyl (C=O) groups excluding carboxylic acids is 1. The van der Waals surface area contributed by atoms with Crippen LogP contribution in [0.1, 0.15) is 27.2 Å².